The highest BCUT2D eigenvalue weighted by Gasteiger charge is 2.20. The van der Waals surface area contributed by atoms with Gasteiger partial charge in [-0.25, -0.2) is 0 Å². The lowest BCUT2D eigenvalue weighted by Crippen LogP contribution is -2.39. The van der Waals surface area contributed by atoms with E-state index >= 15 is 0 Å². The third kappa shape index (κ3) is 6.66. The SMILES string of the molecule is CC(C)Sc1ccc(CC(=O)NCCN2CCC(c3cccs3)CC2)cc1. The van der Waals surface area contributed by atoms with Gasteiger partial charge in [-0.3, -0.25) is 4.79 Å². The topological polar surface area (TPSA) is 32.3 Å². The van der Waals surface area contributed by atoms with Gasteiger partial charge in [0.15, 0.2) is 0 Å². The molecule has 1 fully saturated rings. The number of nitrogens with one attached hydrogen (secondary N) is 1. The molecule has 1 aliphatic rings. The molecule has 0 unspecified atom stereocenters. The van der Waals surface area contributed by atoms with Crippen LogP contribution in [0.2, 0.25) is 0 Å². The molecule has 2 aromatic rings. The maximum Gasteiger partial charge on any atom is 0.224 e. The Balaban J connectivity index is 1.33. The van der Waals surface area contributed by atoms with Crippen molar-refractivity contribution in [2.45, 2.75) is 49.2 Å². The van der Waals surface area contributed by atoms with Crippen LogP contribution in [0, 0.1) is 0 Å². The first-order valence-corrected chi connectivity index (χ1v) is 11.6. The van der Waals surface area contributed by atoms with E-state index in [4.69, 9.17) is 0 Å². The molecule has 1 aromatic heterocycles. The van der Waals surface area contributed by atoms with Gasteiger partial charge in [-0.05, 0) is 61.0 Å². The summed E-state index contributed by atoms with van der Waals surface area (Å²) in [5.74, 6) is 0.848. The van der Waals surface area contributed by atoms with Crippen LogP contribution in [0.3, 0.4) is 0 Å². The van der Waals surface area contributed by atoms with Crippen LogP contribution >= 0.6 is 23.1 Å². The third-order valence-corrected chi connectivity index (χ3v) is 6.99. The smallest absolute Gasteiger partial charge is 0.224 e. The number of benzene rings is 1. The van der Waals surface area contributed by atoms with Gasteiger partial charge in [0.25, 0.3) is 0 Å². The molecule has 0 aliphatic carbocycles. The minimum atomic E-state index is 0.118. The Morgan fingerprint density at radius 1 is 1.22 bits per heavy atom. The molecule has 1 aliphatic heterocycles. The number of hydrogen-bond donors (Lipinski definition) is 1. The van der Waals surface area contributed by atoms with Gasteiger partial charge in [-0.2, -0.15) is 0 Å². The number of rotatable bonds is 8. The van der Waals surface area contributed by atoms with Crippen LogP contribution in [-0.2, 0) is 11.2 Å². The Morgan fingerprint density at radius 3 is 2.59 bits per heavy atom. The van der Waals surface area contributed by atoms with Gasteiger partial charge in [0, 0.05) is 28.1 Å². The van der Waals surface area contributed by atoms with Crippen molar-refractivity contribution in [3.8, 4) is 0 Å². The Kier molecular flexibility index (Phi) is 7.80. The Hall–Kier alpha value is -1.30. The van der Waals surface area contributed by atoms with E-state index in [1.807, 2.05) is 23.1 Å². The summed E-state index contributed by atoms with van der Waals surface area (Å²) in [5, 5.41) is 5.83. The van der Waals surface area contributed by atoms with E-state index < -0.39 is 0 Å². The second-order valence-corrected chi connectivity index (χ2v) is 10.1. The average Bonchev–Trinajstić information content (AvgIpc) is 3.18. The predicted molar refractivity (Wildman–Crippen MR) is 117 cm³/mol. The fraction of sp³-hybridized carbons (Fsp3) is 0.500. The Labute approximate surface area is 171 Å². The molecule has 1 aromatic carbocycles. The van der Waals surface area contributed by atoms with E-state index in [0.717, 1.165) is 37.7 Å². The summed E-state index contributed by atoms with van der Waals surface area (Å²) in [6.07, 6.45) is 2.93. The van der Waals surface area contributed by atoms with Crippen LogP contribution < -0.4 is 5.32 Å². The summed E-state index contributed by atoms with van der Waals surface area (Å²) in [6, 6.07) is 12.8. The first-order valence-electron chi connectivity index (χ1n) is 9.88. The quantitative estimate of drug-likeness (QED) is 0.645. The number of nitrogens with zero attached hydrogens (tertiary/aromatic N) is 1. The monoisotopic (exact) mass is 402 g/mol. The molecule has 0 spiro atoms. The van der Waals surface area contributed by atoms with Crippen LogP contribution in [0.25, 0.3) is 0 Å². The summed E-state index contributed by atoms with van der Waals surface area (Å²) in [7, 11) is 0. The van der Waals surface area contributed by atoms with Crippen LogP contribution in [-0.4, -0.2) is 42.2 Å². The van der Waals surface area contributed by atoms with Crippen LogP contribution in [0.5, 0.6) is 0 Å². The van der Waals surface area contributed by atoms with Crippen molar-refractivity contribution in [3.05, 3.63) is 52.2 Å². The van der Waals surface area contributed by atoms with Gasteiger partial charge in [-0.1, -0.05) is 32.0 Å². The molecule has 1 amide bonds. The Bertz CT molecular complexity index is 690. The lowest BCUT2D eigenvalue weighted by atomic mass is 9.95. The standard InChI is InChI=1S/C22H30N2OS2/c1-17(2)27-20-7-5-18(6-8-20)16-22(25)23-11-14-24-12-9-19(10-13-24)21-4-3-15-26-21/h3-8,15,17,19H,9-14,16H2,1-2H3,(H,23,25). The van der Waals surface area contributed by atoms with E-state index in [0.29, 0.717) is 11.7 Å². The molecule has 3 nitrogen and oxygen atoms in total. The van der Waals surface area contributed by atoms with Gasteiger partial charge in [0.05, 0.1) is 6.42 Å². The summed E-state index contributed by atoms with van der Waals surface area (Å²) >= 11 is 3.73. The largest absolute Gasteiger partial charge is 0.355 e. The zero-order valence-corrected chi connectivity index (χ0v) is 18.0. The van der Waals surface area contributed by atoms with E-state index in [-0.39, 0.29) is 5.91 Å². The van der Waals surface area contributed by atoms with Gasteiger partial charge in [-0.15, -0.1) is 23.1 Å². The summed E-state index contributed by atoms with van der Waals surface area (Å²) < 4.78 is 0. The van der Waals surface area contributed by atoms with Gasteiger partial charge < -0.3 is 10.2 Å². The summed E-state index contributed by atoms with van der Waals surface area (Å²) in [5.41, 5.74) is 1.08. The fourth-order valence-corrected chi connectivity index (χ4v) is 5.26. The molecule has 0 radical (unpaired) electrons. The van der Waals surface area contributed by atoms with E-state index in [1.165, 1.54) is 22.6 Å². The molecule has 0 bridgehead atoms. The highest BCUT2D eigenvalue weighted by molar-refractivity contribution is 7.99. The number of amides is 1. The van der Waals surface area contributed by atoms with Crippen LogP contribution in [0.1, 0.15) is 43.0 Å². The molecule has 3 rings (SSSR count). The highest BCUT2D eigenvalue weighted by Crippen LogP contribution is 2.30. The number of thioether (sulfide) groups is 1. The fourth-order valence-electron chi connectivity index (χ4n) is 3.52. The molecular weight excluding hydrogens is 372 g/mol. The van der Waals surface area contributed by atoms with Crippen LogP contribution in [0.4, 0.5) is 0 Å². The zero-order valence-electron chi connectivity index (χ0n) is 16.3. The van der Waals surface area contributed by atoms with Crippen molar-refractivity contribution in [1.29, 1.82) is 0 Å². The number of likely N-dealkylation sites (tertiary alicyclic amines) is 1. The second kappa shape index (κ2) is 10.3. The number of hydrogen-bond acceptors (Lipinski definition) is 4. The maximum atomic E-state index is 12.2. The van der Waals surface area contributed by atoms with Gasteiger partial charge >= 0.3 is 0 Å². The minimum absolute atomic E-state index is 0.118. The third-order valence-electron chi connectivity index (χ3n) is 4.94. The first-order chi connectivity index (χ1) is 13.1. The van der Waals surface area contributed by atoms with Crippen molar-refractivity contribution in [2.24, 2.45) is 0 Å². The van der Waals surface area contributed by atoms with E-state index in [9.17, 15) is 4.79 Å². The average molecular weight is 403 g/mol. The number of piperidine rings is 1. The minimum Gasteiger partial charge on any atom is -0.355 e. The van der Waals surface area contributed by atoms with Crippen molar-refractivity contribution in [2.75, 3.05) is 26.2 Å². The van der Waals surface area contributed by atoms with Crippen molar-refractivity contribution < 1.29 is 4.79 Å². The molecule has 0 atom stereocenters. The lowest BCUT2D eigenvalue weighted by Gasteiger charge is -2.31. The number of carbonyl (C=O) groups excluding carboxylic acids is 1. The van der Waals surface area contributed by atoms with E-state index in [2.05, 4.69) is 65.8 Å². The van der Waals surface area contributed by atoms with E-state index in [1.54, 1.807) is 0 Å². The maximum absolute atomic E-state index is 12.2. The molecule has 146 valence electrons. The highest BCUT2D eigenvalue weighted by atomic mass is 32.2. The summed E-state index contributed by atoms with van der Waals surface area (Å²) in [4.78, 5) is 17.5. The molecule has 1 N–H and O–H groups in total. The molecule has 27 heavy (non-hydrogen) atoms. The molecule has 2 heterocycles. The summed E-state index contributed by atoms with van der Waals surface area (Å²) in [6.45, 7) is 8.34. The normalized spacial score (nSPS) is 16.0. The van der Waals surface area contributed by atoms with Crippen molar-refractivity contribution in [3.63, 3.8) is 0 Å². The molecule has 0 saturated carbocycles. The van der Waals surface area contributed by atoms with Crippen molar-refractivity contribution >= 4 is 29.0 Å². The van der Waals surface area contributed by atoms with Crippen molar-refractivity contribution in [1.82, 2.24) is 10.2 Å². The number of thiophene rings is 1. The molecular formula is C22H30N2OS2. The second-order valence-electron chi connectivity index (χ2n) is 7.47. The molecule has 5 heteroatoms. The van der Waals surface area contributed by atoms with Gasteiger partial charge in [0.1, 0.15) is 0 Å². The number of carbonyl (C=O) groups is 1. The van der Waals surface area contributed by atoms with Crippen LogP contribution in [0.15, 0.2) is 46.7 Å². The lowest BCUT2D eigenvalue weighted by molar-refractivity contribution is -0.120. The van der Waals surface area contributed by atoms with Gasteiger partial charge in [0.2, 0.25) is 5.91 Å². The Morgan fingerprint density at radius 2 is 1.96 bits per heavy atom. The predicted octanol–water partition coefficient (Wildman–Crippen LogP) is 4.79. The molecule has 1 saturated heterocycles. The zero-order chi connectivity index (χ0) is 19.1. The first kappa shape index (κ1) is 20.4.